The second-order valence-corrected chi connectivity index (χ2v) is 4.11. The van der Waals surface area contributed by atoms with Crippen molar-refractivity contribution in [1.82, 2.24) is 9.97 Å². The van der Waals surface area contributed by atoms with E-state index >= 15 is 0 Å². The maximum atomic E-state index is 5.64. The minimum absolute atomic E-state index is 0.198. The van der Waals surface area contributed by atoms with E-state index in [0.29, 0.717) is 18.3 Å². The van der Waals surface area contributed by atoms with E-state index in [0.717, 1.165) is 11.3 Å². The maximum Gasteiger partial charge on any atom is 0.222 e. The van der Waals surface area contributed by atoms with Gasteiger partial charge in [-0.1, -0.05) is 13.8 Å². The van der Waals surface area contributed by atoms with Gasteiger partial charge in [0.25, 0.3) is 0 Å². The molecule has 0 saturated heterocycles. The molecular weight excluding hydrogens is 232 g/mol. The summed E-state index contributed by atoms with van der Waals surface area (Å²) >= 11 is 0. The van der Waals surface area contributed by atoms with E-state index in [2.05, 4.69) is 15.4 Å². The van der Waals surface area contributed by atoms with Crippen molar-refractivity contribution in [2.24, 2.45) is 5.84 Å². The van der Waals surface area contributed by atoms with Crippen LogP contribution >= 0.6 is 0 Å². The highest BCUT2D eigenvalue weighted by atomic mass is 16.5. The second kappa shape index (κ2) is 5.50. The van der Waals surface area contributed by atoms with Gasteiger partial charge in [0, 0.05) is 0 Å². The Kier molecular flexibility index (Phi) is 3.78. The Balaban J connectivity index is 2.21. The Morgan fingerprint density at radius 1 is 1.44 bits per heavy atom. The highest BCUT2D eigenvalue weighted by molar-refractivity contribution is 5.49. The van der Waals surface area contributed by atoms with Gasteiger partial charge in [0.15, 0.2) is 5.82 Å². The molecule has 2 heterocycles. The third kappa shape index (κ3) is 2.60. The number of ether oxygens (including phenoxy) is 1. The first-order valence-corrected chi connectivity index (χ1v) is 5.69. The van der Waals surface area contributed by atoms with Crippen LogP contribution in [0.3, 0.4) is 0 Å². The molecule has 3 N–H and O–H groups in total. The minimum atomic E-state index is 0.198. The largest absolute Gasteiger partial charge is 0.469 e. The normalized spacial score (nSPS) is 10.7. The molecule has 0 aliphatic carbocycles. The quantitative estimate of drug-likeness (QED) is 0.622. The molecule has 0 unspecified atom stereocenters. The first-order chi connectivity index (χ1) is 8.72. The zero-order valence-corrected chi connectivity index (χ0v) is 10.4. The van der Waals surface area contributed by atoms with Gasteiger partial charge in [-0.2, -0.15) is 0 Å². The third-order valence-corrected chi connectivity index (χ3v) is 2.49. The molecule has 6 nitrogen and oxygen atoms in total. The number of hydrazine groups is 1. The lowest BCUT2D eigenvalue weighted by Crippen LogP contribution is -2.13. The SMILES string of the molecule is CC(C)c1c(NN)ncnc1OCc1ccco1. The van der Waals surface area contributed by atoms with Crippen molar-refractivity contribution >= 4 is 5.82 Å². The number of anilines is 1. The molecule has 0 amide bonds. The molecule has 0 aliphatic heterocycles. The van der Waals surface area contributed by atoms with Crippen LogP contribution in [0.5, 0.6) is 5.88 Å². The van der Waals surface area contributed by atoms with Crippen molar-refractivity contribution in [3.05, 3.63) is 36.0 Å². The number of aromatic nitrogens is 2. The number of nitrogens with zero attached hydrogens (tertiary/aromatic N) is 2. The van der Waals surface area contributed by atoms with Gasteiger partial charge in [-0.25, -0.2) is 15.8 Å². The minimum Gasteiger partial charge on any atom is -0.469 e. The Labute approximate surface area is 105 Å². The maximum absolute atomic E-state index is 5.64. The average Bonchev–Trinajstić information content (AvgIpc) is 2.88. The van der Waals surface area contributed by atoms with Gasteiger partial charge >= 0.3 is 0 Å². The van der Waals surface area contributed by atoms with Crippen molar-refractivity contribution in [1.29, 1.82) is 0 Å². The number of hydrogen-bond donors (Lipinski definition) is 2. The van der Waals surface area contributed by atoms with Gasteiger partial charge in [0.05, 0.1) is 11.8 Å². The van der Waals surface area contributed by atoms with Gasteiger partial charge < -0.3 is 14.6 Å². The molecule has 0 aliphatic rings. The summed E-state index contributed by atoms with van der Waals surface area (Å²) in [7, 11) is 0. The molecule has 2 aromatic rings. The van der Waals surface area contributed by atoms with E-state index in [4.69, 9.17) is 15.0 Å². The summed E-state index contributed by atoms with van der Waals surface area (Å²) in [4.78, 5) is 8.21. The first-order valence-electron chi connectivity index (χ1n) is 5.69. The predicted octanol–water partition coefficient (Wildman–Crippen LogP) is 2.06. The highest BCUT2D eigenvalue weighted by Crippen LogP contribution is 2.29. The van der Waals surface area contributed by atoms with Crippen LogP contribution in [0.2, 0.25) is 0 Å². The van der Waals surface area contributed by atoms with E-state index in [1.54, 1.807) is 6.26 Å². The number of nitrogens with one attached hydrogen (secondary N) is 1. The number of hydrogen-bond acceptors (Lipinski definition) is 6. The van der Waals surface area contributed by atoms with E-state index < -0.39 is 0 Å². The number of nitrogen functional groups attached to an aromatic ring is 1. The molecule has 0 spiro atoms. The summed E-state index contributed by atoms with van der Waals surface area (Å²) in [6.45, 7) is 4.38. The predicted molar refractivity (Wildman–Crippen MR) is 67.0 cm³/mol. The fraction of sp³-hybridized carbons (Fsp3) is 0.333. The monoisotopic (exact) mass is 248 g/mol. The second-order valence-electron chi connectivity index (χ2n) is 4.11. The summed E-state index contributed by atoms with van der Waals surface area (Å²) in [5, 5.41) is 0. The molecule has 0 aromatic carbocycles. The molecular formula is C12H16N4O2. The summed E-state index contributed by atoms with van der Waals surface area (Å²) in [6, 6.07) is 3.66. The molecule has 0 saturated carbocycles. The average molecular weight is 248 g/mol. The third-order valence-electron chi connectivity index (χ3n) is 2.49. The molecule has 0 radical (unpaired) electrons. The molecule has 0 atom stereocenters. The first kappa shape index (κ1) is 12.4. The summed E-state index contributed by atoms with van der Waals surface area (Å²) in [5.74, 6) is 7.47. The topological polar surface area (TPSA) is 86.2 Å². The Morgan fingerprint density at radius 2 is 2.28 bits per heavy atom. The van der Waals surface area contributed by atoms with Gasteiger partial charge in [-0.15, -0.1) is 0 Å². The Hall–Kier alpha value is -2.08. The molecule has 18 heavy (non-hydrogen) atoms. The van der Waals surface area contributed by atoms with Crippen LogP contribution < -0.4 is 16.0 Å². The highest BCUT2D eigenvalue weighted by Gasteiger charge is 2.15. The fourth-order valence-electron chi connectivity index (χ4n) is 1.66. The lowest BCUT2D eigenvalue weighted by atomic mass is 10.1. The van der Waals surface area contributed by atoms with Gasteiger partial charge in [-0.05, 0) is 18.1 Å². The lowest BCUT2D eigenvalue weighted by molar-refractivity contribution is 0.256. The van der Waals surface area contributed by atoms with Crippen molar-refractivity contribution < 1.29 is 9.15 Å². The molecule has 96 valence electrons. The zero-order valence-electron chi connectivity index (χ0n) is 10.4. The molecule has 0 fully saturated rings. The van der Waals surface area contributed by atoms with Crippen molar-refractivity contribution in [3.63, 3.8) is 0 Å². The Bertz CT molecular complexity index is 497. The van der Waals surface area contributed by atoms with Crippen molar-refractivity contribution in [2.45, 2.75) is 26.4 Å². The van der Waals surface area contributed by atoms with Crippen LogP contribution in [0.25, 0.3) is 0 Å². The van der Waals surface area contributed by atoms with E-state index in [1.807, 2.05) is 26.0 Å². The van der Waals surface area contributed by atoms with Crippen LogP contribution in [0.15, 0.2) is 29.1 Å². The van der Waals surface area contributed by atoms with Crippen LogP contribution in [0.1, 0.15) is 31.1 Å². The molecule has 2 rings (SSSR count). The smallest absolute Gasteiger partial charge is 0.222 e. The Morgan fingerprint density at radius 3 is 2.89 bits per heavy atom. The summed E-state index contributed by atoms with van der Waals surface area (Å²) in [6.07, 6.45) is 3.02. The lowest BCUT2D eigenvalue weighted by Gasteiger charge is -2.15. The van der Waals surface area contributed by atoms with Gasteiger partial charge in [0.1, 0.15) is 18.7 Å². The van der Waals surface area contributed by atoms with Gasteiger partial charge in [-0.3, -0.25) is 0 Å². The van der Waals surface area contributed by atoms with E-state index in [-0.39, 0.29) is 5.92 Å². The van der Waals surface area contributed by atoms with Crippen LogP contribution in [-0.2, 0) is 6.61 Å². The van der Waals surface area contributed by atoms with Crippen molar-refractivity contribution in [3.8, 4) is 5.88 Å². The number of nitrogens with two attached hydrogens (primary N) is 1. The van der Waals surface area contributed by atoms with Crippen LogP contribution in [0, 0.1) is 0 Å². The van der Waals surface area contributed by atoms with Gasteiger partial charge in [0.2, 0.25) is 5.88 Å². The molecule has 0 bridgehead atoms. The van der Waals surface area contributed by atoms with Crippen LogP contribution in [0.4, 0.5) is 5.82 Å². The number of rotatable bonds is 5. The zero-order chi connectivity index (χ0) is 13.0. The van der Waals surface area contributed by atoms with Crippen LogP contribution in [-0.4, -0.2) is 9.97 Å². The van der Waals surface area contributed by atoms with Crippen molar-refractivity contribution in [2.75, 3.05) is 5.43 Å². The van der Waals surface area contributed by atoms with E-state index in [1.165, 1.54) is 6.33 Å². The molecule has 6 heteroatoms. The number of furan rings is 1. The molecule has 2 aromatic heterocycles. The standard InChI is InChI=1S/C12H16N4O2/c1-8(2)10-11(16-13)14-7-15-12(10)18-6-9-4-3-5-17-9/h3-5,7-8H,6,13H2,1-2H3,(H,14,15,16). The summed E-state index contributed by atoms with van der Waals surface area (Å²) in [5.41, 5.74) is 3.41. The fourth-order valence-corrected chi connectivity index (χ4v) is 1.66. The summed E-state index contributed by atoms with van der Waals surface area (Å²) < 4.78 is 10.8. The van der Waals surface area contributed by atoms with E-state index in [9.17, 15) is 0 Å².